The molecule has 6 heteroatoms. The summed E-state index contributed by atoms with van der Waals surface area (Å²) in [5, 5.41) is 0. The highest BCUT2D eigenvalue weighted by Gasteiger charge is 2.20. The van der Waals surface area contributed by atoms with Crippen LogP contribution in [0.4, 0.5) is 0 Å². The maximum absolute atomic E-state index is 5.30. The van der Waals surface area contributed by atoms with Crippen LogP contribution in [0.2, 0.25) is 0 Å². The van der Waals surface area contributed by atoms with E-state index in [1.807, 2.05) is 91.4 Å². The van der Waals surface area contributed by atoms with E-state index in [1.165, 1.54) is 0 Å². The topological polar surface area (TPSA) is 77.3 Å². The van der Waals surface area contributed by atoms with Crippen molar-refractivity contribution in [2.24, 2.45) is 0 Å². The molecule has 0 aliphatic rings. The van der Waals surface area contributed by atoms with Crippen LogP contribution in [0.15, 0.2) is 219 Å². The fourth-order valence-corrected chi connectivity index (χ4v) is 7.59. The van der Waals surface area contributed by atoms with Crippen LogP contribution in [0.3, 0.4) is 0 Å². The summed E-state index contributed by atoms with van der Waals surface area (Å²) in [4.78, 5) is 29.6. The Morgan fingerprint density at radius 2 is 0.433 bits per heavy atom. The van der Waals surface area contributed by atoms with Crippen molar-refractivity contribution in [1.29, 1.82) is 0 Å². The van der Waals surface area contributed by atoms with Crippen LogP contribution >= 0.6 is 0 Å². The Kier molecular flexibility index (Phi) is 9.84. The van der Waals surface area contributed by atoms with Crippen molar-refractivity contribution >= 4 is 0 Å². The van der Waals surface area contributed by atoms with Crippen molar-refractivity contribution in [3.63, 3.8) is 0 Å². The quantitative estimate of drug-likeness (QED) is 0.145. The molecule has 0 spiro atoms. The van der Waals surface area contributed by atoms with Crippen LogP contribution in [0.25, 0.3) is 101 Å². The van der Waals surface area contributed by atoms with Crippen LogP contribution in [-0.2, 0) is 0 Å². The Morgan fingerprint density at radius 3 is 0.683 bits per heavy atom. The van der Waals surface area contributed by atoms with Gasteiger partial charge in [-0.3, -0.25) is 15.0 Å². The number of rotatable bonds is 9. The number of benzene rings is 6. The first kappa shape index (κ1) is 36.1. The monoisotopic (exact) mass is 768 g/mol. The zero-order chi connectivity index (χ0) is 40.1. The molecule has 10 aromatic rings. The van der Waals surface area contributed by atoms with Crippen molar-refractivity contribution in [1.82, 2.24) is 29.9 Å². The van der Waals surface area contributed by atoms with Gasteiger partial charge in [-0.05, 0) is 69.8 Å². The second-order valence-corrected chi connectivity index (χ2v) is 14.3. The van der Waals surface area contributed by atoms with Gasteiger partial charge in [0.1, 0.15) is 0 Å². The van der Waals surface area contributed by atoms with Crippen LogP contribution in [-0.4, -0.2) is 29.9 Å². The summed E-state index contributed by atoms with van der Waals surface area (Å²) in [6, 6.07) is 68.4. The zero-order valence-corrected chi connectivity index (χ0v) is 32.5. The Balaban J connectivity index is 1.12. The Bertz CT molecular complexity index is 2700. The number of hydrogen-bond donors (Lipinski definition) is 0. The maximum Gasteiger partial charge on any atom is 0.164 e. The molecule has 0 saturated heterocycles. The largest absolute Gasteiger partial charge is 0.256 e. The van der Waals surface area contributed by atoms with E-state index in [9.17, 15) is 0 Å². The number of hydrogen-bond acceptors (Lipinski definition) is 6. The smallest absolute Gasteiger partial charge is 0.164 e. The predicted molar refractivity (Wildman–Crippen MR) is 242 cm³/mol. The van der Waals surface area contributed by atoms with Gasteiger partial charge in [0.25, 0.3) is 0 Å². The van der Waals surface area contributed by atoms with E-state index in [4.69, 9.17) is 15.0 Å². The normalized spacial score (nSPS) is 11.0. The molecule has 6 aromatic carbocycles. The molecule has 0 amide bonds. The van der Waals surface area contributed by atoms with Crippen LogP contribution in [0.1, 0.15) is 0 Å². The Labute approximate surface area is 348 Å². The van der Waals surface area contributed by atoms with Crippen LogP contribution in [0, 0.1) is 0 Å². The van der Waals surface area contributed by atoms with Crippen LogP contribution in [0.5, 0.6) is 0 Å². The molecular formula is C54H36N6. The Hall–Kier alpha value is -8.22. The average Bonchev–Trinajstić information content (AvgIpc) is 3.35. The molecular weight excluding hydrogens is 733 g/mol. The highest BCUT2D eigenvalue weighted by atomic mass is 15.0. The van der Waals surface area contributed by atoms with Gasteiger partial charge in [-0.15, -0.1) is 0 Å². The van der Waals surface area contributed by atoms with Crippen molar-refractivity contribution in [3.8, 4) is 101 Å². The van der Waals surface area contributed by atoms with E-state index in [-0.39, 0.29) is 0 Å². The summed E-state index contributed by atoms with van der Waals surface area (Å²) in [7, 11) is 0. The van der Waals surface area contributed by atoms with Crippen molar-refractivity contribution < 1.29 is 0 Å². The van der Waals surface area contributed by atoms with E-state index in [2.05, 4.69) is 142 Å². The minimum Gasteiger partial charge on any atom is -0.256 e. The molecule has 0 fully saturated rings. The van der Waals surface area contributed by atoms with E-state index < -0.39 is 0 Å². The first-order chi connectivity index (χ1) is 29.7. The Morgan fingerprint density at radius 1 is 0.200 bits per heavy atom. The van der Waals surface area contributed by atoms with Crippen LogP contribution < -0.4 is 0 Å². The minimum absolute atomic E-state index is 0.583. The van der Waals surface area contributed by atoms with Gasteiger partial charge in [-0.25, -0.2) is 15.0 Å². The molecule has 0 aliphatic heterocycles. The molecule has 10 rings (SSSR count). The molecule has 0 bridgehead atoms. The molecule has 0 atom stereocenters. The third-order valence-electron chi connectivity index (χ3n) is 10.6. The first-order valence-corrected chi connectivity index (χ1v) is 19.8. The molecule has 0 saturated carbocycles. The summed E-state index contributed by atoms with van der Waals surface area (Å²) >= 11 is 0. The number of pyridine rings is 3. The molecule has 4 aromatic heterocycles. The van der Waals surface area contributed by atoms with E-state index in [1.54, 1.807) is 0 Å². The minimum atomic E-state index is 0.583. The van der Waals surface area contributed by atoms with Gasteiger partial charge in [-0.1, -0.05) is 164 Å². The summed E-state index contributed by atoms with van der Waals surface area (Å²) in [6.07, 6.45) is 5.46. The highest BCUT2D eigenvalue weighted by Crippen LogP contribution is 2.38. The van der Waals surface area contributed by atoms with Gasteiger partial charge in [0.15, 0.2) is 17.5 Å². The predicted octanol–water partition coefficient (Wildman–Crippen LogP) is 13.1. The molecule has 282 valence electrons. The van der Waals surface area contributed by atoms with Crippen molar-refractivity contribution in [2.75, 3.05) is 0 Å². The molecule has 0 N–H and O–H groups in total. The molecule has 0 aliphatic carbocycles. The van der Waals surface area contributed by atoms with Gasteiger partial charge < -0.3 is 0 Å². The molecule has 0 unspecified atom stereocenters. The molecule has 4 heterocycles. The van der Waals surface area contributed by atoms with E-state index in [0.29, 0.717) is 17.5 Å². The third kappa shape index (κ3) is 7.37. The molecule has 60 heavy (non-hydrogen) atoms. The lowest BCUT2D eigenvalue weighted by atomic mass is 9.95. The van der Waals surface area contributed by atoms with Gasteiger partial charge in [0.05, 0.1) is 17.1 Å². The second kappa shape index (κ2) is 16.3. The average molecular weight is 769 g/mol. The lowest BCUT2D eigenvalue weighted by Gasteiger charge is -2.15. The maximum atomic E-state index is 5.30. The molecule has 0 radical (unpaired) electrons. The summed E-state index contributed by atoms with van der Waals surface area (Å²) < 4.78 is 0. The van der Waals surface area contributed by atoms with Gasteiger partial charge in [0, 0.05) is 52.0 Å². The lowest BCUT2D eigenvalue weighted by molar-refractivity contribution is 1.07. The van der Waals surface area contributed by atoms with E-state index in [0.717, 1.165) is 83.8 Å². The third-order valence-corrected chi connectivity index (χ3v) is 10.6. The molecule has 6 nitrogen and oxygen atoms in total. The van der Waals surface area contributed by atoms with Gasteiger partial charge in [-0.2, -0.15) is 0 Å². The summed E-state index contributed by atoms with van der Waals surface area (Å²) in [5.41, 5.74) is 14.9. The second-order valence-electron chi connectivity index (χ2n) is 14.3. The zero-order valence-electron chi connectivity index (χ0n) is 32.5. The summed E-state index contributed by atoms with van der Waals surface area (Å²) in [5.74, 6) is 1.75. The van der Waals surface area contributed by atoms with Crippen molar-refractivity contribution in [3.05, 3.63) is 219 Å². The number of aromatic nitrogens is 6. The number of nitrogens with zero attached hydrogens (tertiary/aromatic N) is 6. The lowest BCUT2D eigenvalue weighted by Crippen LogP contribution is -2.02. The van der Waals surface area contributed by atoms with Gasteiger partial charge >= 0.3 is 0 Å². The first-order valence-electron chi connectivity index (χ1n) is 19.8. The van der Waals surface area contributed by atoms with Gasteiger partial charge in [0.2, 0.25) is 0 Å². The summed E-state index contributed by atoms with van der Waals surface area (Å²) in [6.45, 7) is 0. The fraction of sp³-hybridized carbons (Fsp3) is 0. The van der Waals surface area contributed by atoms with E-state index >= 15 is 0 Å². The highest BCUT2D eigenvalue weighted by molar-refractivity contribution is 5.87. The standard InChI is InChI=1S/C54H36N6/c1-4-16-46(43(13-1)37-22-28-40(29-23-37)49-19-7-10-34-55-49)52-58-53(47-17-5-2-14-44(47)38-24-30-41(31-25-38)50-20-8-11-35-56-50)60-54(59-52)48-18-6-3-15-45(48)39-26-32-42(33-27-39)51-21-9-12-36-57-51/h1-36H. The van der Waals surface area contributed by atoms with Crippen molar-refractivity contribution in [2.45, 2.75) is 0 Å². The fourth-order valence-electron chi connectivity index (χ4n) is 7.59. The SMILES string of the molecule is c1ccc(-c2ccc(-c3ccccc3-c3nc(-c4ccccc4-c4ccc(-c5ccccn5)cc4)nc(-c4ccccc4-c4ccc(-c5ccccn5)cc4)n3)cc2)nc1.